The number of nitrogens with zero attached hydrogens (tertiary/aromatic N) is 2. The molecule has 1 aromatic carbocycles. The van der Waals surface area contributed by atoms with E-state index in [1.165, 1.54) is 0 Å². The van der Waals surface area contributed by atoms with Crippen LogP contribution in [-0.4, -0.2) is 14.7 Å². The number of benzene rings is 1. The fraction of sp³-hybridized carbons (Fsp3) is 0.182. The van der Waals surface area contributed by atoms with E-state index >= 15 is 0 Å². The molecule has 0 atom stereocenters. The van der Waals surface area contributed by atoms with Crippen molar-refractivity contribution in [2.75, 3.05) is 0 Å². The number of hydrogen-bond donors (Lipinski definition) is 1. The second kappa shape index (κ2) is 3.65. The number of hydrogen-bond acceptors (Lipinski definition) is 3. The van der Waals surface area contributed by atoms with Crippen molar-refractivity contribution in [3.8, 4) is 17.5 Å². The van der Waals surface area contributed by atoms with Crippen LogP contribution in [0.25, 0.3) is 0 Å². The number of rotatable bonds is 2. The van der Waals surface area contributed by atoms with Crippen LogP contribution in [-0.2, 0) is 7.05 Å². The maximum atomic E-state index is 9.26. The summed E-state index contributed by atoms with van der Waals surface area (Å²) < 4.78 is 7.34. The van der Waals surface area contributed by atoms with E-state index in [0.29, 0.717) is 11.8 Å². The fourth-order valence-corrected chi connectivity index (χ4v) is 1.22. The summed E-state index contributed by atoms with van der Waals surface area (Å²) in [5.41, 5.74) is 1.02. The van der Waals surface area contributed by atoms with Crippen LogP contribution in [0.1, 0.15) is 5.69 Å². The molecule has 0 unspecified atom stereocenters. The minimum Gasteiger partial charge on any atom is -0.508 e. The Labute approximate surface area is 87.8 Å². The first kappa shape index (κ1) is 9.58. The van der Waals surface area contributed by atoms with Gasteiger partial charge in [-0.1, -0.05) is 6.07 Å². The molecule has 0 aliphatic carbocycles. The Hall–Kier alpha value is -1.97. The van der Waals surface area contributed by atoms with Gasteiger partial charge in [-0.25, -0.2) is 4.98 Å². The van der Waals surface area contributed by atoms with E-state index in [0.717, 1.165) is 5.69 Å². The summed E-state index contributed by atoms with van der Waals surface area (Å²) in [6.07, 6.45) is 1.73. The summed E-state index contributed by atoms with van der Waals surface area (Å²) in [5, 5.41) is 9.26. The van der Waals surface area contributed by atoms with Gasteiger partial charge in [0.2, 0.25) is 0 Å². The van der Waals surface area contributed by atoms with Crippen molar-refractivity contribution in [1.29, 1.82) is 0 Å². The van der Waals surface area contributed by atoms with Crippen LogP contribution in [0.5, 0.6) is 17.5 Å². The number of phenolic OH excluding ortho intramolecular Hbond substituents is 1. The van der Waals surface area contributed by atoms with Crippen LogP contribution in [0, 0.1) is 6.92 Å². The number of aryl methyl sites for hydroxylation is 1. The molecule has 4 nitrogen and oxygen atoms in total. The molecule has 0 fully saturated rings. The van der Waals surface area contributed by atoms with Crippen LogP contribution in [0.15, 0.2) is 30.5 Å². The molecule has 4 heteroatoms. The Balaban J connectivity index is 2.26. The van der Waals surface area contributed by atoms with Gasteiger partial charge in [-0.15, -0.1) is 0 Å². The average molecular weight is 204 g/mol. The third-order valence-electron chi connectivity index (χ3n) is 2.20. The Morgan fingerprint density at radius 1 is 1.40 bits per heavy atom. The molecule has 78 valence electrons. The zero-order chi connectivity index (χ0) is 10.8. The predicted molar refractivity (Wildman–Crippen MR) is 56.1 cm³/mol. The lowest BCUT2D eigenvalue weighted by molar-refractivity contribution is 0.416. The first-order chi connectivity index (χ1) is 7.16. The molecule has 0 amide bonds. The zero-order valence-corrected chi connectivity index (χ0v) is 8.64. The van der Waals surface area contributed by atoms with Gasteiger partial charge < -0.3 is 14.4 Å². The van der Waals surface area contributed by atoms with E-state index in [9.17, 15) is 5.11 Å². The first-order valence-electron chi connectivity index (χ1n) is 4.62. The molecule has 0 spiro atoms. The average Bonchev–Trinajstić information content (AvgIpc) is 2.50. The number of imidazole rings is 1. The molecule has 0 saturated heterocycles. The van der Waals surface area contributed by atoms with Gasteiger partial charge in [-0.2, -0.15) is 0 Å². The van der Waals surface area contributed by atoms with Crippen LogP contribution in [0.3, 0.4) is 0 Å². The summed E-state index contributed by atoms with van der Waals surface area (Å²) in [4.78, 5) is 4.10. The van der Waals surface area contributed by atoms with Crippen LogP contribution >= 0.6 is 0 Å². The monoisotopic (exact) mass is 204 g/mol. The van der Waals surface area contributed by atoms with E-state index in [4.69, 9.17) is 4.74 Å². The normalized spacial score (nSPS) is 10.3. The Morgan fingerprint density at radius 2 is 2.20 bits per heavy atom. The zero-order valence-electron chi connectivity index (χ0n) is 8.64. The highest BCUT2D eigenvalue weighted by atomic mass is 16.5. The van der Waals surface area contributed by atoms with E-state index in [2.05, 4.69) is 4.98 Å². The quantitative estimate of drug-likeness (QED) is 0.815. The number of phenols is 1. The molecular weight excluding hydrogens is 192 g/mol. The first-order valence-corrected chi connectivity index (χ1v) is 4.62. The Kier molecular flexibility index (Phi) is 2.33. The van der Waals surface area contributed by atoms with Crippen molar-refractivity contribution >= 4 is 0 Å². The second-order valence-corrected chi connectivity index (χ2v) is 3.34. The summed E-state index contributed by atoms with van der Waals surface area (Å²) in [5.74, 6) is 0.752. The van der Waals surface area contributed by atoms with Crippen molar-refractivity contribution in [1.82, 2.24) is 9.55 Å². The highest BCUT2D eigenvalue weighted by Gasteiger charge is 2.05. The van der Waals surface area contributed by atoms with Gasteiger partial charge in [0, 0.05) is 18.8 Å². The van der Waals surface area contributed by atoms with Gasteiger partial charge in [-0.05, 0) is 19.1 Å². The maximum absolute atomic E-state index is 9.26. The minimum atomic E-state index is 0.179. The van der Waals surface area contributed by atoms with E-state index in [1.807, 2.05) is 18.5 Å². The SMILES string of the molecule is Cc1cnc(Oc2cccc(O)c2)n1C. The molecule has 2 rings (SSSR count). The summed E-state index contributed by atoms with van der Waals surface area (Å²) in [6, 6.07) is 7.14. The van der Waals surface area contributed by atoms with E-state index in [-0.39, 0.29) is 5.75 Å². The van der Waals surface area contributed by atoms with Gasteiger partial charge >= 0.3 is 6.01 Å². The van der Waals surface area contributed by atoms with Crippen LogP contribution in [0.2, 0.25) is 0 Å². The lowest BCUT2D eigenvalue weighted by atomic mass is 10.3. The fourth-order valence-electron chi connectivity index (χ4n) is 1.22. The molecule has 0 bridgehead atoms. The van der Waals surface area contributed by atoms with E-state index in [1.54, 1.807) is 30.5 Å². The van der Waals surface area contributed by atoms with Gasteiger partial charge in [-0.3, -0.25) is 0 Å². The summed E-state index contributed by atoms with van der Waals surface area (Å²) >= 11 is 0. The minimum absolute atomic E-state index is 0.179. The molecule has 2 aromatic rings. The summed E-state index contributed by atoms with van der Waals surface area (Å²) in [6.45, 7) is 1.95. The standard InChI is InChI=1S/C11H12N2O2/c1-8-7-12-11(13(8)2)15-10-5-3-4-9(14)6-10/h3-7,14H,1-2H3. The van der Waals surface area contributed by atoms with Crippen LogP contribution < -0.4 is 4.74 Å². The molecule has 15 heavy (non-hydrogen) atoms. The third-order valence-corrected chi connectivity index (χ3v) is 2.20. The lowest BCUT2D eigenvalue weighted by Gasteiger charge is -2.05. The molecule has 0 aliphatic heterocycles. The molecule has 0 radical (unpaired) electrons. The molecule has 0 saturated carbocycles. The molecule has 1 aromatic heterocycles. The second-order valence-electron chi connectivity index (χ2n) is 3.34. The van der Waals surface area contributed by atoms with Crippen molar-refractivity contribution in [3.05, 3.63) is 36.2 Å². The van der Waals surface area contributed by atoms with Crippen molar-refractivity contribution in [3.63, 3.8) is 0 Å². The molecule has 1 N–H and O–H groups in total. The largest absolute Gasteiger partial charge is 0.508 e. The predicted octanol–water partition coefficient (Wildman–Crippen LogP) is 2.23. The number of aromatic hydroxyl groups is 1. The van der Waals surface area contributed by atoms with Gasteiger partial charge in [0.25, 0.3) is 0 Å². The lowest BCUT2D eigenvalue weighted by Crippen LogP contribution is -1.95. The van der Waals surface area contributed by atoms with Crippen molar-refractivity contribution in [2.24, 2.45) is 7.05 Å². The van der Waals surface area contributed by atoms with Crippen molar-refractivity contribution < 1.29 is 9.84 Å². The summed E-state index contributed by atoms with van der Waals surface area (Å²) in [7, 11) is 1.88. The highest BCUT2D eigenvalue weighted by molar-refractivity contribution is 5.33. The van der Waals surface area contributed by atoms with E-state index < -0.39 is 0 Å². The van der Waals surface area contributed by atoms with Gasteiger partial charge in [0.05, 0.1) is 6.20 Å². The number of aromatic nitrogens is 2. The topological polar surface area (TPSA) is 47.3 Å². The third kappa shape index (κ3) is 1.93. The molecular formula is C11H12N2O2. The maximum Gasteiger partial charge on any atom is 0.301 e. The molecule has 0 aliphatic rings. The van der Waals surface area contributed by atoms with Crippen LogP contribution in [0.4, 0.5) is 0 Å². The molecule has 1 heterocycles. The Bertz CT molecular complexity index is 477. The van der Waals surface area contributed by atoms with Gasteiger partial charge in [0.1, 0.15) is 11.5 Å². The smallest absolute Gasteiger partial charge is 0.301 e. The van der Waals surface area contributed by atoms with Crippen molar-refractivity contribution in [2.45, 2.75) is 6.92 Å². The number of ether oxygens (including phenoxy) is 1. The highest BCUT2D eigenvalue weighted by Crippen LogP contribution is 2.23. The Morgan fingerprint density at radius 3 is 2.80 bits per heavy atom. The van der Waals surface area contributed by atoms with Gasteiger partial charge in [0.15, 0.2) is 0 Å².